The highest BCUT2D eigenvalue weighted by Gasteiger charge is 2.26. The van der Waals surface area contributed by atoms with Crippen LogP contribution in [-0.2, 0) is 11.2 Å². The van der Waals surface area contributed by atoms with Crippen LogP contribution in [0.1, 0.15) is 24.1 Å². The average Bonchev–Trinajstić information content (AvgIpc) is 3.07. The van der Waals surface area contributed by atoms with Gasteiger partial charge in [-0.05, 0) is 54.3 Å². The van der Waals surface area contributed by atoms with E-state index >= 15 is 0 Å². The van der Waals surface area contributed by atoms with Crippen LogP contribution in [0.4, 0.5) is 5.82 Å². The van der Waals surface area contributed by atoms with Crippen LogP contribution >= 0.6 is 11.3 Å². The van der Waals surface area contributed by atoms with Gasteiger partial charge in [0.25, 0.3) is 0 Å². The molecule has 3 rings (SSSR count). The molecule has 1 unspecified atom stereocenters. The number of amides is 1. The molecule has 1 aliphatic heterocycles. The molecule has 2 aromatic heterocycles. The quantitative estimate of drug-likeness (QED) is 0.865. The summed E-state index contributed by atoms with van der Waals surface area (Å²) < 4.78 is 0. The number of aromatic nitrogens is 1. The van der Waals surface area contributed by atoms with E-state index in [0.717, 1.165) is 43.0 Å². The number of hydrogen-bond donors (Lipinski definition) is 0. The van der Waals surface area contributed by atoms with Crippen LogP contribution in [0.25, 0.3) is 0 Å². The highest BCUT2D eigenvalue weighted by molar-refractivity contribution is 7.07. The van der Waals surface area contributed by atoms with Crippen molar-refractivity contribution in [3.05, 3.63) is 46.3 Å². The maximum absolute atomic E-state index is 12.5. The Labute approximate surface area is 141 Å². The molecule has 0 saturated carbocycles. The van der Waals surface area contributed by atoms with Gasteiger partial charge < -0.3 is 9.80 Å². The summed E-state index contributed by atoms with van der Waals surface area (Å²) in [6.45, 7) is 3.89. The first-order valence-corrected chi connectivity index (χ1v) is 9.03. The van der Waals surface area contributed by atoms with E-state index in [9.17, 15) is 4.79 Å². The second-order valence-electron chi connectivity index (χ2n) is 6.19. The van der Waals surface area contributed by atoms with Gasteiger partial charge in [-0.1, -0.05) is 6.07 Å². The molecule has 3 heterocycles. The van der Waals surface area contributed by atoms with Crippen molar-refractivity contribution >= 4 is 23.1 Å². The van der Waals surface area contributed by atoms with Gasteiger partial charge in [-0.2, -0.15) is 11.3 Å². The summed E-state index contributed by atoms with van der Waals surface area (Å²) in [6, 6.07) is 8.41. The van der Waals surface area contributed by atoms with Gasteiger partial charge in [-0.3, -0.25) is 4.79 Å². The molecule has 1 fully saturated rings. The average molecular weight is 329 g/mol. The molecule has 5 heteroatoms. The van der Waals surface area contributed by atoms with Crippen LogP contribution in [0.15, 0.2) is 35.0 Å². The zero-order valence-corrected chi connectivity index (χ0v) is 14.6. The number of likely N-dealkylation sites (N-methyl/N-ethyl adjacent to an activating group) is 1. The number of pyridine rings is 1. The second kappa shape index (κ2) is 7.13. The van der Waals surface area contributed by atoms with Gasteiger partial charge in [0.05, 0.1) is 6.42 Å². The van der Waals surface area contributed by atoms with E-state index in [1.54, 1.807) is 11.3 Å². The predicted molar refractivity (Wildman–Crippen MR) is 95.0 cm³/mol. The molecule has 0 N–H and O–H groups in total. The number of anilines is 1. The number of nitrogens with zero attached hydrogens (tertiary/aromatic N) is 3. The first-order chi connectivity index (χ1) is 11.1. The van der Waals surface area contributed by atoms with Crippen molar-refractivity contribution < 1.29 is 4.79 Å². The van der Waals surface area contributed by atoms with E-state index in [-0.39, 0.29) is 11.9 Å². The molecule has 0 aliphatic carbocycles. The fraction of sp³-hybridized carbons (Fsp3) is 0.444. The van der Waals surface area contributed by atoms with Crippen LogP contribution in [0.3, 0.4) is 0 Å². The Hall–Kier alpha value is -1.88. The summed E-state index contributed by atoms with van der Waals surface area (Å²) in [5, 5.41) is 4.07. The Balaban J connectivity index is 1.64. The molecule has 0 radical (unpaired) electrons. The number of carbonyl (C=O) groups excluding carboxylic acids is 1. The molecular weight excluding hydrogens is 306 g/mol. The second-order valence-corrected chi connectivity index (χ2v) is 6.97. The number of rotatable bonds is 4. The van der Waals surface area contributed by atoms with E-state index in [1.807, 2.05) is 42.5 Å². The lowest BCUT2D eigenvalue weighted by molar-refractivity contribution is -0.131. The lowest BCUT2D eigenvalue weighted by Crippen LogP contribution is -2.49. The number of thiophene rings is 1. The molecule has 4 nitrogen and oxygen atoms in total. The number of piperidine rings is 1. The first kappa shape index (κ1) is 16.0. The fourth-order valence-electron chi connectivity index (χ4n) is 3.08. The predicted octanol–water partition coefficient (Wildman–Crippen LogP) is 3.12. The van der Waals surface area contributed by atoms with E-state index in [4.69, 9.17) is 0 Å². The standard InChI is InChI=1S/C18H23N3OS/c1-14-5-3-7-17(19-14)21-9-4-6-16(12-21)20(2)18(22)11-15-8-10-23-13-15/h3,5,7-8,10,13,16H,4,6,9,11-12H2,1-2H3. The Morgan fingerprint density at radius 2 is 2.30 bits per heavy atom. The van der Waals surface area contributed by atoms with Gasteiger partial charge in [0.2, 0.25) is 5.91 Å². The highest BCUT2D eigenvalue weighted by Crippen LogP contribution is 2.21. The topological polar surface area (TPSA) is 36.4 Å². The van der Waals surface area contributed by atoms with Gasteiger partial charge in [0.1, 0.15) is 5.82 Å². The molecule has 1 aliphatic rings. The van der Waals surface area contributed by atoms with Crippen molar-refractivity contribution in [2.45, 2.75) is 32.2 Å². The van der Waals surface area contributed by atoms with Crippen molar-refractivity contribution in [3.8, 4) is 0 Å². The van der Waals surface area contributed by atoms with Gasteiger partial charge >= 0.3 is 0 Å². The van der Waals surface area contributed by atoms with Crippen LogP contribution in [-0.4, -0.2) is 42.0 Å². The summed E-state index contributed by atoms with van der Waals surface area (Å²) in [5.74, 6) is 1.22. The third-order valence-corrected chi connectivity index (χ3v) is 5.20. The Kier molecular flexibility index (Phi) is 4.96. The normalized spacial score (nSPS) is 18.0. The monoisotopic (exact) mass is 329 g/mol. The van der Waals surface area contributed by atoms with Crippen LogP contribution in [0.2, 0.25) is 0 Å². The van der Waals surface area contributed by atoms with Crippen molar-refractivity contribution in [1.29, 1.82) is 0 Å². The summed E-state index contributed by atoms with van der Waals surface area (Å²) in [4.78, 5) is 21.4. The SMILES string of the molecule is Cc1cccc(N2CCCC(N(C)C(=O)Cc3ccsc3)C2)n1. The Bertz CT molecular complexity index is 656. The van der Waals surface area contributed by atoms with Crippen molar-refractivity contribution in [1.82, 2.24) is 9.88 Å². The first-order valence-electron chi connectivity index (χ1n) is 8.09. The molecular formula is C18H23N3OS. The molecule has 1 atom stereocenters. The zero-order valence-electron chi connectivity index (χ0n) is 13.7. The molecule has 0 spiro atoms. The summed E-state index contributed by atoms with van der Waals surface area (Å²) in [5.41, 5.74) is 2.14. The maximum Gasteiger partial charge on any atom is 0.227 e. The van der Waals surface area contributed by atoms with E-state index in [1.165, 1.54) is 0 Å². The lowest BCUT2D eigenvalue weighted by atomic mass is 10.0. The van der Waals surface area contributed by atoms with Crippen molar-refractivity contribution in [3.63, 3.8) is 0 Å². The molecule has 0 aromatic carbocycles. The smallest absolute Gasteiger partial charge is 0.227 e. The third-order valence-electron chi connectivity index (χ3n) is 4.47. The minimum atomic E-state index is 0.201. The molecule has 1 amide bonds. The minimum Gasteiger partial charge on any atom is -0.355 e. The zero-order chi connectivity index (χ0) is 16.2. The van der Waals surface area contributed by atoms with Crippen molar-refractivity contribution in [2.75, 3.05) is 25.0 Å². The number of carbonyl (C=O) groups is 1. The van der Waals surface area contributed by atoms with Gasteiger partial charge in [0.15, 0.2) is 0 Å². The maximum atomic E-state index is 12.5. The van der Waals surface area contributed by atoms with Crippen LogP contribution in [0, 0.1) is 6.92 Å². The van der Waals surface area contributed by atoms with Crippen LogP contribution < -0.4 is 4.90 Å². The van der Waals surface area contributed by atoms with E-state index in [0.29, 0.717) is 6.42 Å². The lowest BCUT2D eigenvalue weighted by Gasteiger charge is -2.38. The number of hydrogen-bond acceptors (Lipinski definition) is 4. The van der Waals surface area contributed by atoms with E-state index < -0.39 is 0 Å². The Morgan fingerprint density at radius 1 is 1.43 bits per heavy atom. The molecule has 2 aromatic rings. The van der Waals surface area contributed by atoms with Gasteiger partial charge in [-0.15, -0.1) is 0 Å². The van der Waals surface area contributed by atoms with Crippen LogP contribution in [0.5, 0.6) is 0 Å². The summed E-state index contributed by atoms with van der Waals surface area (Å²) >= 11 is 1.64. The van der Waals surface area contributed by atoms with Gasteiger partial charge in [0, 0.05) is 31.9 Å². The highest BCUT2D eigenvalue weighted by atomic mass is 32.1. The molecule has 122 valence electrons. The minimum absolute atomic E-state index is 0.201. The van der Waals surface area contributed by atoms with E-state index in [2.05, 4.69) is 21.3 Å². The number of aryl methyl sites for hydroxylation is 1. The third kappa shape index (κ3) is 3.91. The van der Waals surface area contributed by atoms with Crippen molar-refractivity contribution in [2.24, 2.45) is 0 Å². The fourth-order valence-corrected chi connectivity index (χ4v) is 3.75. The summed E-state index contributed by atoms with van der Waals surface area (Å²) in [6.07, 6.45) is 2.66. The molecule has 0 bridgehead atoms. The molecule has 1 saturated heterocycles. The van der Waals surface area contributed by atoms with Gasteiger partial charge in [-0.25, -0.2) is 4.98 Å². The molecule has 23 heavy (non-hydrogen) atoms. The summed E-state index contributed by atoms with van der Waals surface area (Å²) in [7, 11) is 1.94. The largest absolute Gasteiger partial charge is 0.355 e. The Morgan fingerprint density at radius 3 is 3.04 bits per heavy atom.